The van der Waals surface area contributed by atoms with Gasteiger partial charge in [-0.1, -0.05) is 60.7 Å². The Labute approximate surface area is 224 Å². The molecule has 0 aliphatic carbocycles. The number of hydrogen-bond donors (Lipinski definition) is 0. The number of benzene rings is 4. The molecule has 6 rings (SSSR count). The number of esters is 1. The molecule has 4 aromatic carbocycles. The first kappa shape index (κ1) is 24.4. The number of ether oxygens (including phenoxy) is 2. The topological polar surface area (TPSA) is 85.4 Å². The number of hydroxylamine groups is 1. The van der Waals surface area contributed by atoms with Gasteiger partial charge in [0, 0.05) is 0 Å². The Morgan fingerprint density at radius 2 is 1.41 bits per heavy atom. The summed E-state index contributed by atoms with van der Waals surface area (Å²) >= 11 is 0. The van der Waals surface area contributed by atoms with Gasteiger partial charge >= 0.3 is 5.97 Å². The monoisotopic (exact) mass is 520 g/mol. The number of nitrogens with zero attached hydrogens (tertiary/aromatic N) is 2. The molecule has 8 heteroatoms. The highest BCUT2D eigenvalue weighted by Gasteiger charge is 2.60. The van der Waals surface area contributed by atoms with Crippen LogP contribution in [-0.2, 0) is 14.4 Å². The van der Waals surface area contributed by atoms with Crippen LogP contribution < -0.4 is 19.4 Å². The van der Waals surface area contributed by atoms with Gasteiger partial charge in [0.1, 0.15) is 17.4 Å². The van der Waals surface area contributed by atoms with Gasteiger partial charge in [0.15, 0.2) is 6.10 Å². The van der Waals surface area contributed by atoms with E-state index in [1.54, 1.807) is 77.9 Å². The first-order chi connectivity index (χ1) is 19.1. The summed E-state index contributed by atoms with van der Waals surface area (Å²) < 4.78 is 10.9. The van der Waals surface area contributed by atoms with E-state index in [1.807, 2.05) is 36.4 Å². The summed E-state index contributed by atoms with van der Waals surface area (Å²) in [6.07, 6.45) is -1.01. The van der Waals surface area contributed by atoms with Gasteiger partial charge < -0.3 is 9.47 Å². The van der Waals surface area contributed by atoms with Crippen LogP contribution >= 0.6 is 0 Å². The molecule has 2 fully saturated rings. The minimum Gasteiger partial charge on any atom is -0.495 e. The molecule has 2 aliphatic heterocycles. The van der Waals surface area contributed by atoms with Gasteiger partial charge in [-0.2, -0.15) is 0 Å². The maximum Gasteiger partial charge on any atom is 0.343 e. The Hall–Kier alpha value is -4.95. The molecule has 2 aliphatic rings. The Morgan fingerprint density at radius 3 is 2.10 bits per heavy atom. The van der Waals surface area contributed by atoms with E-state index in [4.69, 9.17) is 14.3 Å². The number of carbonyl (C=O) groups is 3. The molecule has 0 bridgehead atoms. The zero-order valence-electron chi connectivity index (χ0n) is 21.0. The van der Waals surface area contributed by atoms with Crippen LogP contribution in [0.15, 0.2) is 109 Å². The largest absolute Gasteiger partial charge is 0.495 e. The highest BCUT2D eigenvalue weighted by atomic mass is 16.7. The minimum atomic E-state index is -1.01. The highest BCUT2D eigenvalue weighted by molar-refractivity contribution is 6.24. The van der Waals surface area contributed by atoms with Crippen LogP contribution in [0.1, 0.15) is 22.0 Å². The van der Waals surface area contributed by atoms with E-state index in [1.165, 1.54) is 7.11 Å². The van der Waals surface area contributed by atoms with E-state index in [9.17, 15) is 14.4 Å². The van der Waals surface area contributed by atoms with Crippen molar-refractivity contribution in [2.75, 3.05) is 17.1 Å². The molecule has 0 spiro atoms. The Bertz CT molecular complexity index is 1520. The molecule has 0 unspecified atom stereocenters. The lowest BCUT2D eigenvalue weighted by molar-refractivity contribution is -0.126. The summed E-state index contributed by atoms with van der Waals surface area (Å²) in [5, 5.41) is 1.62. The van der Waals surface area contributed by atoms with Crippen LogP contribution in [0, 0.1) is 5.92 Å². The SMILES string of the molecule is COc1ccccc1N1C(=O)[C@H]2[C@H](ON(c3ccccc3)[C@@H]2c2ccc(OC(=O)c3ccccc3)cc2)C1=O. The summed E-state index contributed by atoms with van der Waals surface area (Å²) in [6, 6.07) is 31.2. The fourth-order valence-electron chi connectivity index (χ4n) is 5.08. The number of rotatable bonds is 6. The second kappa shape index (κ2) is 10.1. The number of imide groups is 1. The van der Waals surface area contributed by atoms with Crippen molar-refractivity contribution in [3.8, 4) is 11.5 Å². The Balaban J connectivity index is 1.34. The first-order valence-corrected chi connectivity index (χ1v) is 12.5. The lowest BCUT2D eigenvalue weighted by Crippen LogP contribution is -2.37. The molecule has 2 heterocycles. The van der Waals surface area contributed by atoms with Crippen LogP contribution in [0.2, 0.25) is 0 Å². The van der Waals surface area contributed by atoms with Crippen molar-refractivity contribution in [3.05, 3.63) is 120 Å². The number of methoxy groups -OCH3 is 1. The van der Waals surface area contributed by atoms with Crippen LogP contribution in [0.25, 0.3) is 0 Å². The molecule has 0 saturated carbocycles. The van der Waals surface area contributed by atoms with Gasteiger partial charge in [-0.25, -0.2) is 14.8 Å². The first-order valence-electron chi connectivity index (χ1n) is 12.5. The summed E-state index contributed by atoms with van der Waals surface area (Å²) in [7, 11) is 1.49. The molecule has 2 saturated heterocycles. The van der Waals surface area contributed by atoms with Crippen LogP contribution in [0.5, 0.6) is 11.5 Å². The molecule has 2 amide bonds. The van der Waals surface area contributed by atoms with Gasteiger partial charge in [-0.15, -0.1) is 0 Å². The van der Waals surface area contributed by atoms with Crippen LogP contribution in [0.4, 0.5) is 11.4 Å². The molecule has 194 valence electrons. The lowest BCUT2D eigenvalue weighted by atomic mass is 9.90. The summed E-state index contributed by atoms with van der Waals surface area (Å²) in [6.45, 7) is 0. The van der Waals surface area contributed by atoms with E-state index in [0.717, 1.165) is 10.5 Å². The number of hydrogen-bond acceptors (Lipinski definition) is 7. The zero-order chi connectivity index (χ0) is 26.9. The van der Waals surface area contributed by atoms with E-state index in [2.05, 4.69) is 0 Å². The highest BCUT2D eigenvalue weighted by Crippen LogP contribution is 2.48. The third-order valence-electron chi connectivity index (χ3n) is 6.89. The quantitative estimate of drug-likeness (QED) is 0.202. The standard InChI is InChI=1S/C31H24N2O6/c1-37-25-15-9-8-14-24(25)32-29(34)26-27(33(39-28(26)30(32)35)22-12-6-3-7-13-22)20-16-18-23(19-17-20)38-31(36)21-10-4-2-5-11-21/h2-19,26-28H,1H3/t26-,27-,28+/m1/s1. The number of anilines is 2. The van der Waals surface area contributed by atoms with E-state index < -0.39 is 29.9 Å². The van der Waals surface area contributed by atoms with Crippen molar-refractivity contribution in [1.82, 2.24) is 0 Å². The predicted octanol–water partition coefficient (Wildman–Crippen LogP) is 4.97. The van der Waals surface area contributed by atoms with E-state index in [0.29, 0.717) is 28.4 Å². The molecule has 4 aromatic rings. The lowest BCUT2D eigenvalue weighted by Gasteiger charge is -2.29. The molecule has 0 aromatic heterocycles. The third kappa shape index (κ3) is 4.30. The minimum absolute atomic E-state index is 0.360. The molecule has 39 heavy (non-hydrogen) atoms. The molecular weight excluding hydrogens is 496 g/mol. The van der Waals surface area contributed by atoms with Crippen LogP contribution in [-0.4, -0.2) is 31.0 Å². The van der Waals surface area contributed by atoms with Crippen molar-refractivity contribution in [2.24, 2.45) is 5.92 Å². The summed E-state index contributed by atoms with van der Waals surface area (Å²) in [5.74, 6) is -1.33. The zero-order valence-corrected chi connectivity index (χ0v) is 21.0. The normalized spacial score (nSPS) is 20.2. The molecule has 8 nitrogen and oxygen atoms in total. The van der Waals surface area contributed by atoms with Gasteiger partial charge in [-0.05, 0) is 54.1 Å². The van der Waals surface area contributed by atoms with Gasteiger partial charge in [-0.3, -0.25) is 14.4 Å². The predicted molar refractivity (Wildman–Crippen MR) is 143 cm³/mol. The van der Waals surface area contributed by atoms with E-state index >= 15 is 0 Å². The van der Waals surface area contributed by atoms with Crippen molar-refractivity contribution >= 4 is 29.2 Å². The Morgan fingerprint density at radius 1 is 0.769 bits per heavy atom. The fraction of sp³-hybridized carbons (Fsp3) is 0.129. The maximum atomic E-state index is 13.9. The van der Waals surface area contributed by atoms with Crippen molar-refractivity contribution in [2.45, 2.75) is 12.1 Å². The average Bonchev–Trinajstić information content (AvgIpc) is 3.49. The third-order valence-corrected chi connectivity index (χ3v) is 6.89. The molecule has 0 radical (unpaired) electrons. The van der Waals surface area contributed by atoms with Gasteiger partial charge in [0.05, 0.1) is 30.1 Å². The van der Waals surface area contributed by atoms with Crippen molar-refractivity contribution < 1.29 is 28.7 Å². The van der Waals surface area contributed by atoms with E-state index in [-0.39, 0.29) is 5.91 Å². The smallest absolute Gasteiger partial charge is 0.343 e. The fourth-order valence-corrected chi connectivity index (χ4v) is 5.08. The molecular formula is C31H24N2O6. The summed E-state index contributed by atoms with van der Waals surface area (Å²) in [4.78, 5) is 47.3. The van der Waals surface area contributed by atoms with Crippen molar-refractivity contribution in [3.63, 3.8) is 0 Å². The average molecular weight is 521 g/mol. The summed E-state index contributed by atoms with van der Waals surface area (Å²) in [5.41, 5.74) is 2.26. The molecule has 0 N–H and O–H groups in total. The Kier molecular flexibility index (Phi) is 6.30. The second-order valence-corrected chi connectivity index (χ2v) is 9.17. The number of fused-ring (bicyclic) bond motifs is 1. The van der Waals surface area contributed by atoms with Crippen LogP contribution in [0.3, 0.4) is 0 Å². The van der Waals surface area contributed by atoms with Crippen molar-refractivity contribution in [1.29, 1.82) is 0 Å². The van der Waals surface area contributed by atoms with Gasteiger partial charge in [0.2, 0.25) is 5.91 Å². The van der Waals surface area contributed by atoms with Gasteiger partial charge in [0.25, 0.3) is 5.91 Å². The second-order valence-electron chi connectivity index (χ2n) is 9.17. The number of para-hydroxylation sites is 3. The molecule has 3 atom stereocenters. The number of carbonyl (C=O) groups excluding carboxylic acids is 3. The number of amides is 2. The maximum absolute atomic E-state index is 13.9.